The van der Waals surface area contributed by atoms with E-state index in [0.717, 1.165) is 17.8 Å². The molecule has 4 rings (SSSR count). The molecule has 11 heteroatoms. The van der Waals surface area contributed by atoms with Crippen LogP contribution in [0.3, 0.4) is 0 Å². The van der Waals surface area contributed by atoms with E-state index in [0.29, 0.717) is 18.0 Å². The number of aryl methyl sites for hydroxylation is 1. The number of alkyl halides is 3. The van der Waals surface area contributed by atoms with E-state index in [1.54, 1.807) is 10.9 Å². The summed E-state index contributed by atoms with van der Waals surface area (Å²) in [5.74, 6) is -2.14. The van der Waals surface area contributed by atoms with Crippen LogP contribution in [0.5, 0.6) is 0 Å². The summed E-state index contributed by atoms with van der Waals surface area (Å²) in [4.78, 5) is 17.8. The van der Waals surface area contributed by atoms with Crippen molar-refractivity contribution in [1.82, 2.24) is 25.1 Å². The monoisotopic (exact) mass is 396 g/mol. The average Bonchev–Trinajstić information content (AvgIpc) is 3.19. The molecule has 150 valence electrons. The Morgan fingerprint density at radius 2 is 2.14 bits per heavy atom. The van der Waals surface area contributed by atoms with Crippen molar-refractivity contribution in [3.05, 3.63) is 36.4 Å². The quantitative estimate of drug-likeness (QED) is 0.732. The molecule has 2 aromatic heterocycles. The maximum absolute atomic E-state index is 10.6. The summed E-state index contributed by atoms with van der Waals surface area (Å²) in [6.45, 7) is 0. The van der Waals surface area contributed by atoms with Crippen molar-refractivity contribution in [2.24, 2.45) is 7.05 Å². The molecular weight excluding hydrogens is 377 g/mol. The number of halogens is 3. The maximum atomic E-state index is 10.6. The van der Waals surface area contributed by atoms with Gasteiger partial charge >= 0.3 is 12.1 Å². The average molecular weight is 396 g/mol. The molecule has 2 aromatic rings. The van der Waals surface area contributed by atoms with Crippen LogP contribution in [0.4, 0.5) is 24.8 Å². The van der Waals surface area contributed by atoms with E-state index in [2.05, 4.69) is 31.8 Å². The number of aromatic nitrogens is 4. The molecule has 2 aliphatic rings. The van der Waals surface area contributed by atoms with Gasteiger partial charge in [-0.3, -0.25) is 4.68 Å². The Morgan fingerprint density at radius 1 is 1.39 bits per heavy atom. The number of nitrogens with one attached hydrogen (secondary N) is 2. The van der Waals surface area contributed by atoms with Gasteiger partial charge in [0.25, 0.3) is 0 Å². The molecule has 28 heavy (non-hydrogen) atoms. The smallest absolute Gasteiger partial charge is 0.475 e. The highest BCUT2D eigenvalue weighted by Gasteiger charge is 2.38. The summed E-state index contributed by atoms with van der Waals surface area (Å²) >= 11 is 0. The van der Waals surface area contributed by atoms with E-state index in [1.807, 2.05) is 25.5 Å². The number of hydrogen-bond donors (Lipinski definition) is 3. The van der Waals surface area contributed by atoms with E-state index in [9.17, 15) is 13.2 Å². The summed E-state index contributed by atoms with van der Waals surface area (Å²) in [5.41, 5.74) is 3.25. The van der Waals surface area contributed by atoms with E-state index in [1.165, 1.54) is 18.4 Å². The summed E-state index contributed by atoms with van der Waals surface area (Å²) in [5, 5.41) is 18.1. The van der Waals surface area contributed by atoms with Gasteiger partial charge in [-0.1, -0.05) is 6.08 Å². The summed E-state index contributed by atoms with van der Waals surface area (Å²) < 4.78 is 33.5. The zero-order valence-electron chi connectivity index (χ0n) is 14.9. The van der Waals surface area contributed by atoms with Crippen LogP contribution in [0, 0.1) is 0 Å². The zero-order valence-corrected chi connectivity index (χ0v) is 14.9. The first kappa shape index (κ1) is 19.8. The lowest BCUT2D eigenvalue weighted by atomic mass is 10.0. The number of aliphatic carboxylic acids is 1. The number of carboxylic acid groups (broad SMARTS) is 1. The fraction of sp³-hybridized carbons (Fsp3) is 0.412. The van der Waals surface area contributed by atoms with Crippen LogP contribution < -0.4 is 10.6 Å². The van der Waals surface area contributed by atoms with Gasteiger partial charge in [0, 0.05) is 31.5 Å². The van der Waals surface area contributed by atoms with E-state index in [-0.39, 0.29) is 0 Å². The van der Waals surface area contributed by atoms with Gasteiger partial charge in [0.15, 0.2) is 0 Å². The molecule has 2 bridgehead atoms. The minimum atomic E-state index is -5.08. The number of fused-ring (bicyclic) bond motifs is 2. The molecule has 0 spiro atoms. The van der Waals surface area contributed by atoms with Crippen LogP contribution in [-0.2, 0) is 11.8 Å². The lowest BCUT2D eigenvalue weighted by molar-refractivity contribution is -0.192. The third kappa shape index (κ3) is 5.06. The second-order valence-corrected chi connectivity index (χ2v) is 6.54. The first-order valence-electron chi connectivity index (χ1n) is 8.56. The fourth-order valence-corrected chi connectivity index (χ4v) is 3.12. The maximum Gasteiger partial charge on any atom is 0.490 e. The third-order valence-electron chi connectivity index (χ3n) is 4.33. The second kappa shape index (κ2) is 7.97. The first-order chi connectivity index (χ1) is 13.2. The lowest BCUT2D eigenvalue weighted by Gasteiger charge is -2.21. The second-order valence-electron chi connectivity index (χ2n) is 6.54. The van der Waals surface area contributed by atoms with Crippen LogP contribution in [0.15, 0.2) is 30.7 Å². The van der Waals surface area contributed by atoms with E-state index in [4.69, 9.17) is 9.90 Å². The number of hydrogen-bond acceptors (Lipinski definition) is 6. The van der Waals surface area contributed by atoms with Crippen molar-refractivity contribution in [3.63, 3.8) is 0 Å². The number of anilines is 2. The topological polar surface area (TPSA) is 105 Å². The molecule has 1 saturated heterocycles. The highest BCUT2D eigenvalue weighted by Crippen LogP contribution is 2.31. The minimum absolute atomic E-state index is 0.517. The molecule has 8 nitrogen and oxygen atoms in total. The van der Waals surface area contributed by atoms with Crippen molar-refractivity contribution < 1.29 is 23.1 Å². The normalized spacial score (nSPS) is 20.8. The van der Waals surface area contributed by atoms with Gasteiger partial charge in [-0.05, 0) is 30.9 Å². The predicted molar refractivity (Wildman–Crippen MR) is 94.8 cm³/mol. The number of rotatable bonds is 3. The van der Waals surface area contributed by atoms with Crippen LogP contribution in [-0.4, -0.2) is 49.1 Å². The molecule has 0 aromatic carbocycles. The Morgan fingerprint density at radius 3 is 2.75 bits per heavy atom. The van der Waals surface area contributed by atoms with E-state index >= 15 is 0 Å². The van der Waals surface area contributed by atoms with Crippen molar-refractivity contribution in [1.29, 1.82) is 0 Å². The summed E-state index contributed by atoms with van der Waals surface area (Å²) in [6, 6.07) is 3.12. The Bertz CT molecular complexity index is 880. The van der Waals surface area contributed by atoms with Gasteiger partial charge < -0.3 is 15.7 Å². The first-order valence-corrected chi connectivity index (χ1v) is 8.56. The Kier molecular flexibility index (Phi) is 5.63. The summed E-state index contributed by atoms with van der Waals surface area (Å²) in [7, 11) is 1.89. The van der Waals surface area contributed by atoms with E-state index < -0.39 is 12.1 Å². The molecule has 2 atom stereocenters. The number of carbonyl (C=O) groups is 1. The SMILES string of the molecule is Cn1cc(Nc2nccc(C3=CC4CCC(C3)N4)n2)cn1.O=C(O)C(F)(F)F. The molecule has 0 radical (unpaired) electrons. The minimum Gasteiger partial charge on any atom is -0.475 e. The van der Waals surface area contributed by atoms with Crippen molar-refractivity contribution in [2.75, 3.05) is 5.32 Å². The molecule has 2 aliphatic heterocycles. The Labute approximate surface area is 158 Å². The molecule has 3 N–H and O–H groups in total. The van der Waals surface area contributed by atoms with Crippen LogP contribution in [0.25, 0.3) is 5.57 Å². The molecule has 0 aliphatic carbocycles. The highest BCUT2D eigenvalue weighted by molar-refractivity contribution is 5.73. The fourth-order valence-electron chi connectivity index (χ4n) is 3.12. The van der Waals surface area contributed by atoms with Gasteiger partial charge in [0.05, 0.1) is 17.6 Å². The molecule has 4 heterocycles. The van der Waals surface area contributed by atoms with Gasteiger partial charge in [-0.15, -0.1) is 0 Å². The highest BCUT2D eigenvalue weighted by atomic mass is 19.4. The predicted octanol–water partition coefficient (Wildman–Crippen LogP) is 2.49. The van der Waals surface area contributed by atoms with Crippen LogP contribution >= 0.6 is 0 Å². The lowest BCUT2D eigenvalue weighted by Crippen LogP contribution is -2.32. The Balaban J connectivity index is 0.000000279. The molecule has 0 saturated carbocycles. The van der Waals surface area contributed by atoms with Crippen LogP contribution in [0.2, 0.25) is 0 Å². The zero-order chi connectivity index (χ0) is 20.3. The van der Waals surface area contributed by atoms with Crippen molar-refractivity contribution in [2.45, 2.75) is 37.5 Å². The standard InChI is InChI=1S/C15H18N6.C2HF3O2/c1-21-9-13(8-17-21)19-15-16-5-4-14(20-15)10-6-11-2-3-12(7-10)18-11;3-2(4,5)1(6)7/h4-6,8-9,11-12,18H,2-3,7H2,1H3,(H,16,19,20);(H,6,7). The van der Waals surface area contributed by atoms with Gasteiger partial charge in [0.2, 0.25) is 5.95 Å². The largest absolute Gasteiger partial charge is 0.490 e. The van der Waals surface area contributed by atoms with Gasteiger partial charge in [0.1, 0.15) is 0 Å². The van der Waals surface area contributed by atoms with Gasteiger partial charge in [-0.25, -0.2) is 14.8 Å². The summed E-state index contributed by atoms with van der Waals surface area (Å²) in [6.07, 6.45) is 6.27. The van der Waals surface area contributed by atoms with Crippen molar-refractivity contribution >= 4 is 23.2 Å². The number of nitrogens with zero attached hydrogens (tertiary/aromatic N) is 4. The molecule has 2 unspecified atom stereocenters. The van der Waals surface area contributed by atoms with Crippen LogP contribution in [0.1, 0.15) is 25.0 Å². The number of carboxylic acids is 1. The molecular formula is C17H19F3N6O2. The van der Waals surface area contributed by atoms with Crippen molar-refractivity contribution in [3.8, 4) is 0 Å². The Hall–Kier alpha value is -2.95. The molecule has 0 amide bonds. The molecule has 1 fully saturated rings. The third-order valence-corrected chi connectivity index (χ3v) is 4.33. The van der Waals surface area contributed by atoms with Gasteiger partial charge in [-0.2, -0.15) is 18.3 Å².